The minimum Gasteiger partial charge on any atom is -0.324 e. The average Bonchev–Trinajstić information content (AvgIpc) is 3.36. The molecule has 2 aliphatic rings. The van der Waals surface area contributed by atoms with Gasteiger partial charge in [0, 0.05) is 42.9 Å². The number of carbonyl (C=O) groups is 1. The van der Waals surface area contributed by atoms with Gasteiger partial charge in [0.05, 0.1) is 0 Å². The summed E-state index contributed by atoms with van der Waals surface area (Å²) in [7, 11) is 0. The second-order valence-corrected chi connectivity index (χ2v) is 7.06. The molecule has 4 rings (SSSR count). The van der Waals surface area contributed by atoms with Crippen molar-refractivity contribution in [2.45, 2.75) is 31.7 Å². The van der Waals surface area contributed by atoms with E-state index in [-0.39, 0.29) is 6.03 Å². The molecular formula is C20H26N4O. The van der Waals surface area contributed by atoms with Crippen LogP contribution in [-0.2, 0) is 0 Å². The van der Waals surface area contributed by atoms with Gasteiger partial charge in [-0.1, -0.05) is 6.07 Å². The van der Waals surface area contributed by atoms with Crippen LogP contribution in [0.1, 0.15) is 25.7 Å². The molecule has 5 heteroatoms. The number of anilines is 1. The Morgan fingerprint density at radius 3 is 2.60 bits per heavy atom. The highest BCUT2D eigenvalue weighted by atomic mass is 16.2. The number of hydrogen-bond donors (Lipinski definition) is 1. The molecule has 0 aliphatic carbocycles. The fourth-order valence-electron chi connectivity index (χ4n) is 4.00. The van der Waals surface area contributed by atoms with Gasteiger partial charge in [0.1, 0.15) is 0 Å². The Morgan fingerprint density at radius 2 is 1.80 bits per heavy atom. The topological polar surface area (TPSA) is 40.5 Å². The lowest BCUT2D eigenvalue weighted by Gasteiger charge is -2.37. The number of rotatable bonds is 3. The molecule has 1 atom stereocenters. The first-order valence-corrected chi connectivity index (χ1v) is 9.33. The molecule has 1 aromatic carbocycles. The second-order valence-electron chi connectivity index (χ2n) is 7.06. The predicted molar refractivity (Wildman–Crippen MR) is 100 cm³/mol. The standard InChI is InChI=1S/C20H26N4O/c25-20(24-14-6-9-19(16-24)23-12-3-4-13-23)21-17-7-5-8-18(15-17)22-10-1-2-11-22/h1-2,5,7-8,10-11,15,19H,3-4,6,9,12-14,16H2,(H,21,25). The van der Waals surface area contributed by atoms with Gasteiger partial charge in [0.25, 0.3) is 0 Å². The Labute approximate surface area is 149 Å². The van der Waals surface area contributed by atoms with E-state index in [2.05, 4.69) is 10.2 Å². The van der Waals surface area contributed by atoms with Gasteiger partial charge in [0.2, 0.25) is 0 Å². The third-order valence-corrected chi connectivity index (χ3v) is 5.34. The summed E-state index contributed by atoms with van der Waals surface area (Å²) >= 11 is 0. The van der Waals surface area contributed by atoms with Crippen LogP contribution in [0.25, 0.3) is 5.69 Å². The van der Waals surface area contributed by atoms with Gasteiger partial charge < -0.3 is 14.8 Å². The van der Waals surface area contributed by atoms with E-state index < -0.39 is 0 Å². The van der Waals surface area contributed by atoms with Crippen LogP contribution >= 0.6 is 0 Å². The molecule has 0 radical (unpaired) electrons. The van der Waals surface area contributed by atoms with Crippen molar-refractivity contribution in [1.29, 1.82) is 0 Å². The number of piperidine rings is 1. The lowest BCUT2D eigenvalue weighted by atomic mass is 10.0. The van der Waals surface area contributed by atoms with Crippen molar-refractivity contribution in [2.75, 3.05) is 31.5 Å². The zero-order valence-electron chi connectivity index (χ0n) is 14.6. The highest BCUT2D eigenvalue weighted by Crippen LogP contribution is 2.21. The number of carbonyl (C=O) groups excluding carboxylic acids is 1. The number of nitrogens with one attached hydrogen (secondary N) is 1. The number of benzene rings is 1. The third kappa shape index (κ3) is 3.71. The molecule has 2 aliphatic heterocycles. The average molecular weight is 338 g/mol. The van der Waals surface area contributed by atoms with Crippen LogP contribution in [0.15, 0.2) is 48.8 Å². The van der Waals surface area contributed by atoms with Gasteiger partial charge in [-0.25, -0.2) is 4.79 Å². The molecule has 1 aromatic heterocycles. The molecule has 25 heavy (non-hydrogen) atoms. The summed E-state index contributed by atoms with van der Waals surface area (Å²) in [5, 5.41) is 3.08. The van der Waals surface area contributed by atoms with E-state index in [4.69, 9.17) is 0 Å². The molecule has 132 valence electrons. The molecule has 5 nitrogen and oxygen atoms in total. The first-order valence-electron chi connectivity index (χ1n) is 9.33. The van der Waals surface area contributed by atoms with Gasteiger partial charge >= 0.3 is 6.03 Å². The van der Waals surface area contributed by atoms with Crippen molar-refractivity contribution in [3.63, 3.8) is 0 Å². The summed E-state index contributed by atoms with van der Waals surface area (Å²) in [6, 6.07) is 12.5. The zero-order valence-corrected chi connectivity index (χ0v) is 14.6. The van der Waals surface area contributed by atoms with Crippen molar-refractivity contribution >= 4 is 11.7 Å². The molecule has 2 aromatic rings. The van der Waals surface area contributed by atoms with E-state index >= 15 is 0 Å². The molecule has 2 amide bonds. The van der Waals surface area contributed by atoms with Crippen molar-refractivity contribution in [1.82, 2.24) is 14.4 Å². The van der Waals surface area contributed by atoms with Crippen molar-refractivity contribution in [3.05, 3.63) is 48.8 Å². The quantitative estimate of drug-likeness (QED) is 0.929. The minimum absolute atomic E-state index is 0.0218. The predicted octanol–water partition coefficient (Wildman–Crippen LogP) is 3.57. The first kappa shape index (κ1) is 16.2. The monoisotopic (exact) mass is 338 g/mol. The summed E-state index contributed by atoms with van der Waals surface area (Å²) in [5.41, 5.74) is 1.90. The maximum atomic E-state index is 12.7. The van der Waals surface area contributed by atoms with Crippen molar-refractivity contribution in [3.8, 4) is 5.69 Å². The summed E-state index contributed by atoms with van der Waals surface area (Å²) < 4.78 is 2.04. The minimum atomic E-state index is 0.0218. The van der Waals surface area contributed by atoms with Crippen LogP contribution in [0.3, 0.4) is 0 Å². The highest BCUT2D eigenvalue weighted by molar-refractivity contribution is 5.89. The van der Waals surface area contributed by atoms with Gasteiger partial charge in [-0.05, 0) is 69.1 Å². The zero-order chi connectivity index (χ0) is 17.1. The van der Waals surface area contributed by atoms with E-state index in [1.165, 1.54) is 32.4 Å². The number of urea groups is 1. The summed E-state index contributed by atoms with van der Waals surface area (Å²) in [4.78, 5) is 17.3. The van der Waals surface area contributed by atoms with Gasteiger partial charge in [-0.3, -0.25) is 4.90 Å². The maximum Gasteiger partial charge on any atom is 0.321 e. The molecule has 0 spiro atoms. The molecule has 2 saturated heterocycles. The van der Waals surface area contributed by atoms with Crippen LogP contribution in [-0.4, -0.2) is 52.6 Å². The van der Waals surface area contributed by atoms with E-state index in [9.17, 15) is 4.79 Å². The Bertz CT molecular complexity index is 706. The molecule has 3 heterocycles. The van der Waals surface area contributed by atoms with E-state index in [1.54, 1.807) is 0 Å². The van der Waals surface area contributed by atoms with E-state index in [1.807, 2.05) is 58.3 Å². The fourth-order valence-corrected chi connectivity index (χ4v) is 4.00. The van der Waals surface area contributed by atoms with Crippen LogP contribution in [0.5, 0.6) is 0 Å². The van der Waals surface area contributed by atoms with Crippen LogP contribution in [0.4, 0.5) is 10.5 Å². The van der Waals surface area contributed by atoms with Gasteiger partial charge in [-0.15, -0.1) is 0 Å². The summed E-state index contributed by atoms with van der Waals surface area (Å²) in [6.45, 7) is 4.09. The van der Waals surface area contributed by atoms with Crippen LogP contribution in [0, 0.1) is 0 Å². The molecule has 1 N–H and O–H groups in total. The Kier molecular flexibility index (Phi) is 4.74. The molecule has 0 saturated carbocycles. The molecule has 1 unspecified atom stereocenters. The van der Waals surface area contributed by atoms with E-state index in [0.717, 1.165) is 30.9 Å². The number of hydrogen-bond acceptors (Lipinski definition) is 2. The lowest BCUT2D eigenvalue weighted by Crippen LogP contribution is -2.50. The SMILES string of the molecule is O=C(Nc1cccc(-n2cccc2)c1)N1CCCC(N2CCCC2)C1. The fraction of sp³-hybridized carbons (Fsp3) is 0.450. The molecule has 2 fully saturated rings. The first-order chi connectivity index (χ1) is 12.3. The molecule has 0 bridgehead atoms. The number of nitrogens with zero attached hydrogens (tertiary/aromatic N) is 3. The van der Waals surface area contributed by atoms with Crippen LogP contribution in [0.2, 0.25) is 0 Å². The summed E-state index contributed by atoms with van der Waals surface area (Å²) in [6.07, 6.45) is 8.92. The highest BCUT2D eigenvalue weighted by Gasteiger charge is 2.29. The number of aromatic nitrogens is 1. The summed E-state index contributed by atoms with van der Waals surface area (Å²) in [5.74, 6) is 0. The largest absolute Gasteiger partial charge is 0.324 e. The number of likely N-dealkylation sites (tertiary alicyclic amines) is 2. The number of amides is 2. The Hall–Kier alpha value is -2.27. The van der Waals surface area contributed by atoms with Crippen molar-refractivity contribution < 1.29 is 4.79 Å². The molecular weight excluding hydrogens is 312 g/mol. The Morgan fingerprint density at radius 1 is 1.00 bits per heavy atom. The van der Waals surface area contributed by atoms with Gasteiger partial charge in [-0.2, -0.15) is 0 Å². The second kappa shape index (κ2) is 7.31. The lowest BCUT2D eigenvalue weighted by molar-refractivity contribution is 0.132. The normalized spacial score (nSPS) is 21.4. The van der Waals surface area contributed by atoms with Crippen LogP contribution < -0.4 is 5.32 Å². The van der Waals surface area contributed by atoms with E-state index in [0.29, 0.717) is 6.04 Å². The van der Waals surface area contributed by atoms with Gasteiger partial charge in [0.15, 0.2) is 0 Å². The third-order valence-electron chi connectivity index (χ3n) is 5.34. The van der Waals surface area contributed by atoms with Crippen molar-refractivity contribution in [2.24, 2.45) is 0 Å². The Balaban J connectivity index is 1.40. The smallest absolute Gasteiger partial charge is 0.321 e. The maximum absolute atomic E-state index is 12.7.